The Bertz CT molecular complexity index is 1270. The molecule has 0 fully saturated rings. The van der Waals surface area contributed by atoms with Gasteiger partial charge in [-0.15, -0.1) is 11.3 Å². The maximum absolute atomic E-state index is 12.7. The number of benzene rings is 1. The van der Waals surface area contributed by atoms with E-state index in [0.29, 0.717) is 22.0 Å². The molecule has 0 bridgehead atoms. The zero-order chi connectivity index (χ0) is 21.3. The number of hydrogen-bond donors (Lipinski definition) is 2. The number of hydrogen-bond acceptors (Lipinski definition) is 5. The van der Waals surface area contributed by atoms with Crippen molar-refractivity contribution >= 4 is 38.4 Å². The third-order valence-electron chi connectivity index (χ3n) is 5.54. The quantitative estimate of drug-likeness (QED) is 0.424. The zero-order valence-corrected chi connectivity index (χ0v) is 18.2. The minimum absolute atomic E-state index is 0.0516. The molecule has 0 amide bonds. The van der Waals surface area contributed by atoms with Crippen LogP contribution in [-0.4, -0.2) is 20.9 Å². The number of thiophene rings is 1. The first kappa shape index (κ1) is 20.3. The first-order valence-electron chi connectivity index (χ1n) is 10.2. The van der Waals surface area contributed by atoms with E-state index < -0.39 is 0 Å². The van der Waals surface area contributed by atoms with E-state index in [-0.39, 0.29) is 24.6 Å². The molecular weight excluding hydrogens is 398 g/mol. The fraction of sp³-hybridized carbons (Fsp3) is 0.348. The summed E-state index contributed by atoms with van der Waals surface area (Å²) in [4.78, 5) is 37.4. The normalized spacial score (nSPS) is 12.5. The van der Waals surface area contributed by atoms with Gasteiger partial charge in [-0.05, 0) is 36.5 Å². The van der Waals surface area contributed by atoms with Gasteiger partial charge in [-0.1, -0.05) is 38.5 Å². The minimum Gasteiger partial charge on any atom is -0.457 e. The molecule has 156 valence electrons. The molecule has 3 aromatic heterocycles. The molecule has 1 aromatic carbocycles. The van der Waals surface area contributed by atoms with E-state index in [1.54, 1.807) is 0 Å². The Balaban J connectivity index is 1.49. The Morgan fingerprint density at radius 3 is 2.90 bits per heavy atom. The van der Waals surface area contributed by atoms with Crippen molar-refractivity contribution in [1.82, 2.24) is 15.0 Å². The maximum Gasteiger partial charge on any atom is 0.310 e. The Hall–Kier alpha value is -2.93. The van der Waals surface area contributed by atoms with Crippen molar-refractivity contribution in [3.63, 3.8) is 0 Å². The van der Waals surface area contributed by atoms with E-state index in [4.69, 9.17) is 4.74 Å². The van der Waals surface area contributed by atoms with Crippen LogP contribution in [0.5, 0.6) is 0 Å². The van der Waals surface area contributed by atoms with Crippen molar-refractivity contribution < 1.29 is 9.53 Å². The van der Waals surface area contributed by atoms with Gasteiger partial charge in [-0.3, -0.25) is 9.59 Å². The first-order valence-corrected chi connectivity index (χ1v) is 11.0. The Morgan fingerprint density at radius 1 is 1.30 bits per heavy atom. The van der Waals surface area contributed by atoms with Crippen LogP contribution < -0.4 is 5.56 Å². The van der Waals surface area contributed by atoms with Gasteiger partial charge in [0.05, 0.1) is 11.8 Å². The van der Waals surface area contributed by atoms with Gasteiger partial charge in [-0.25, -0.2) is 4.98 Å². The molecule has 0 aliphatic carbocycles. The van der Waals surface area contributed by atoms with Crippen LogP contribution in [-0.2, 0) is 29.0 Å². The summed E-state index contributed by atoms with van der Waals surface area (Å²) in [7, 11) is 0. The van der Waals surface area contributed by atoms with Gasteiger partial charge >= 0.3 is 5.97 Å². The third-order valence-corrected chi connectivity index (χ3v) is 6.58. The van der Waals surface area contributed by atoms with Gasteiger partial charge in [0.25, 0.3) is 5.56 Å². The van der Waals surface area contributed by atoms with Gasteiger partial charge in [0.15, 0.2) is 0 Å². The number of aromatic nitrogens is 3. The molecule has 2 N–H and O–H groups in total. The average molecular weight is 424 g/mol. The summed E-state index contributed by atoms with van der Waals surface area (Å²) in [6, 6.07) is 7.82. The van der Waals surface area contributed by atoms with Crippen LogP contribution in [0.4, 0.5) is 0 Å². The third kappa shape index (κ3) is 4.03. The monoisotopic (exact) mass is 423 g/mol. The number of carbonyl (C=O) groups excluding carboxylic acids is 1. The molecule has 0 unspecified atom stereocenters. The van der Waals surface area contributed by atoms with Crippen molar-refractivity contribution in [2.75, 3.05) is 0 Å². The number of fused-ring (bicyclic) bond motifs is 2. The van der Waals surface area contributed by atoms with E-state index in [1.807, 2.05) is 37.4 Å². The van der Waals surface area contributed by atoms with Crippen molar-refractivity contribution in [2.24, 2.45) is 5.92 Å². The summed E-state index contributed by atoms with van der Waals surface area (Å²) in [6.07, 6.45) is 3.91. The summed E-state index contributed by atoms with van der Waals surface area (Å²) >= 11 is 1.52. The van der Waals surface area contributed by atoms with E-state index >= 15 is 0 Å². The van der Waals surface area contributed by atoms with E-state index in [9.17, 15) is 9.59 Å². The number of esters is 1. The first-order chi connectivity index (χ1) is 14.5. The van der Waals surface area contributed by atoms with Crippen LogP contribution in [0.2, 0.25) is 0 Å². The highest BCUT2D eigenvalue weighted by Crippen LogP contribution is 2.29. The SMILES string of the molecule is CC[C@H](C)Cc1c(C)sc2nc(COC(=O)Cc3c[nH]c4ccccc34)[nH]c(=O)c12. The number of carbonyl (C=O) groups is 1. The van der Waals surface area contributed by atoms with E-state index in [2.05, 4.69) is 28.8 Å². The lowest BCUT2D eigenvalue weighted by atomic mass is 9.98. The van der Waals surface area contributed by atoms with Gasteiger partial charge in [0.1, 0.15) is 17.3 Å². The molecule has 4 aromatic rings. The largest absolute Gasteiger partial charge is 0.457 e. The van der Waals surface area contributed by atoms with E-state index in [1.165, 1.54) is 11.3 Å². The molecule has 4 rings (SSSR count). The highest BCUT2D eigenvalue weighted by atomic mass is 32.1. The van der Waals surface area contributed by atoms with Crippen LogP contribution >= 0.6 is 11.3 Å². The van der Waals surface area contributed by atoms with Gasteiger partial charge in [0.2, 0.25) is 0 Å². The molecule has 1 atom stereocenters. The Morgan fingerprint density at radius 2 is 2.10 bits per heavy atom. The molecule has 7 heteroatoms. The van der Waals surface area contributed by atoms with Crippen molar-refractivity contribution in [1.29, 1.82) is 0 Å². The minimum atomic E-state index is -0.359. The fourth-order valence-corrected chi connectivity index (χ4v) is 4.73. The average Bonchev–Trinajstić information content (AvgIpc) is 3.27. The number of H-pyrrole nitrogens is 2. The molecule has 0 saturated heterocycles. The smallest absolute Gasteiger partial charge is 0.310 e. The Labute approximate surface area is 178 Å². The lowest BCUT2D eigenvalue weighted by Crippen LogP contribution is -2.15. The van der Waals surface area contributed by atoms with Crippen LogP contribution in [0, 0.1) is 12.8 Å². The van der Waals surface area contributed by atoms with Crippen molar-refractivity contribution in [3.05, 3.63) is 62.6 Å². The second kappa shape index (κ2) is 8.44. The number of rotatable bonds is 7. The number of nitrogens with zero attached hydrogens (tertiary/aromatic N) is 1. The molecule has 0 radical (unpaired) electrons. The van der Waals surface area contributed by atoms with Crippen LogP contribution in [0.1, 0.15) is 42.1 Å². The number of nitrogens with one attached hydrogen (secondary N) is 2. The molecule has 0 saturated carbocycles. The predicted molar refractivity (Wildman–Crippen MR) is 120 cm³/mol. The number of aryl methyl sites for hydroxylation is 1. The lowest BCUT2D eigenvalue weighted by Gasteiger charge is -2.08. The summed E-state index contributed by atoms with van der Waals surface area (Å²) in [5.74, 6) is 0.518. The highest BCUT2D eigenvalue weighted by molar-refractivity contribution is 7.18. The summed E-state index contributed by atoms with van der Waals surface area (Å²) < 4.78 is 5.39. The summed E-state index contributed by atoms with van der Waals surface area (Å²) in [5.41, 5.74) is 2.79. The van der Waals surface area contributed by atoms with Crippen LogP contribution in [0.25, 0.3) is 21.1 Å². The van der Waals surface area contributed by atoms with E-state index in [0.717, 1.165) is 39.7 Å². The van der Waals surface area contributed by atoms with Gasteiger partial charge < -0.3 is 14.7 Å². The number of para-hydroxylation sites is 1. The van der Waals surface area contributed by atoms with Crippen molar-refractivity contribution in [3.8, 4) is 0 Å². The molecule has 3 heterocycles. The standard InChI is InChI=1S/C23H25N3O3S/c1-4-13(2)9-17-14(3)30-23-21(17)22(28)25-19(26-23)12-29-20(27)10-15-11-24-18-8-6-5-7-16(15)18/h5-8,11,13,24H,4,9-10,12H2,1-3H3,(H,25,26,28)/t13-/m0/s1. The molecular formula is C23H25N3O3S. The molecule has 0 spiro atoms. The number of ether oxygens (including phenoxy) is 1. The predicted octanol–water partition coefficient (Wildman–Crippen LogP) is 4.65. The highest BCUT2D eigenvalue weighted by Gasteiger charge is 2.17. The van der Waals surface area contributed by atoms with Gasteiger partial charge in [0, 0.05) is 22.0 Å². The summed E-state index contributed by atoms with van der Waals surface area (Å²) in [6.45, 7) is 6.32. The number of aromatic amines is 2. The van der Waals surface area contributed by atoms with Crippen LogP contribution in [0.15, 0.2) is 35.3 Å². The van der Waals surface area contributed by atoms with Crippen LogP contribution in [0.3, 0.4) is 0 Å². The lowest BCUT2D eigenvalue weighted by molar-refractivity contribution is -0.144. The summed E-state index contributed by atoms with van der Waals surface area (Å²) in [5, 5.41) is 1.68. The molecule has 6 nitrogen and oxygen atoms in total. The fourth-order valence-electron chi connectivity index (χ4n) is 3.66. The zero-order valence-electron chi connectivity index (χ0n) is 17.4. The Kier molecular flexibility index (Phi) is 5.72. The maximum atomic E-state index is 12.7. The molecule has 0 aliphatic rings. The molecule has 0 aliphatic heterocycles. The molecule has 30 heavy (non-hydrogen) atoms. The van der Waals surface area contributed by atoms with Gasteiger partial charge in [-0.2, -0.15) is 0 Å². The van der Waals surface area contributed by atoms with Crippen molar-refractivity contribution in [2.45, 2.75) is 46.6 Å². The second-order valence-corrected chi connectivity index (χ2v) is 8.95. The topological polar surface area (TPSA) is 87.8 Å². The second-order valence-electron chi connectivity index (χ2n) is 7.74.